The van der Waals surface area contributed by atoms with Crippen LogP contribution in [0.2, 0.25) is 0 Å². The maximum atomic E-state index is 12.3. The molecule has 0 aromatic rings. The van der Waals surface area contributed by atoms with Gasteiger partial charge >= 0.3 is 0 Å². The van der Waals surface area contributed by atoms with E-state index < -0.39 is 6.04 Å². The Morgan fingerprint density at radius 3 is 2.89 bits per heavy atom. The molecule has 1 saturated heterocycles. The van der Waals surface area contributed by atoms with E-state index in [9.17, 15) is 10.0 Å². The number of halogens is 1. The Bertz CT molecular complexity index is 334. The zero-order chi connectivity index (χ0) is 14.0. The second-order valence-corrected chi connectivity index (χ2v) is 7.92. The maximum Gasteiger partial charge on any atom is 0.150 e. The minimum Gasteiger partial charge on any atom is -0.762 e. The van der Waals surface area contributed by atoms with Crippen molar-refractivity contribution in [1.82, 2.24) is 10.1 Å². The van der Waals surface area contributed by atoms with Gasteiger partial charge in [0.1, 0.15) is 11.3 Å². The van der Waals surface area contributed by atoms with Crippen molar-refractivity contribution in [1.29, 1.82) is 0 Å². The smallest absolute Gasteiger partial charge is 0.150 e. The van der Waals surface area contributed by atoms with E-state index in [-0.39, 0.29) is 26.4 Å². The van der Waals surface area contributed by atoms with Crippen molar-refractivity contribution < 1.29 is 10.0 Å². The van der Waals surface area contributed by atoms with Gasteiger partial charge in [-0.15, -0.1) is 11.8 Å². The van der Waals surface area contributed by atoms with Gasteiger partial charge in [-0.05, 0) is 19.3 Å². The number of rotatable bonds is 4. The van der Waals surface area contributed by atoms with Crippen LogP contribution in [-0.2, 0) is 4.79 Å². The lowest BCUT2D eigenvalue weighted by Gasteiger charge is -2.40. The van der Waals surface area contributed by atoms with Gasteiger partial charge in [-0.25, -0.2) is 0 Å². The fraction of sp³-hybridized carbons (Fsp3) is 0.909. The van der Waals surface area contributed by atoms with E-state index in [4.69, 9.17) is 10.9 Å². The van der Waals surface area contributed by atoms with Gasteiger partial charge in [-0.2, -0.15) is 0 Å². The van der Waals surface area contributed by atoms with Crippen LogP contribution in [0.25, 0.3) is 0 Å². The Labute approximate surface area is 130 Å². The van der Waals surface area contributed by atoms with Crippen molar-refractivity contribution in [2.45, 2.75) is 34.7 Å². The molecule has 2 aliphatic rings. The fourth-order valence-electron chi connectivity index (χ4n) is 2.65. The van der Waals surface area contributed by atoms with Crippen LogP contribution in [0, 0.1) is 11.1 Å². The van der Waals surface area contributed by atoms with Gasteiger partial charge in [0.15, 0.2) is 0 Å². The average Bonchev–Trinajstić information content (AvgIpc) is 2.75. The molecule has 0 spiro atoms. The molecule has 0 aromatic heterocycles. The predicted octanol–water partition coefficient (Wildman–Crippen LogP) is 1.01. The topological polar surface area (TPSA) is 92.9 Å². The molecule has 6 nitrogen and oxygen atoms in total. The van der Waals surface area contributed by atoms with Crippen LogP contribution >= 0.6 is 34.4 Å². The van der Waals surface area contributed by atoms with Gasteiger partial charge in [-0.1, -0.05) is 22.6 Å². The van der Waals surface area contributed by atoms with Crippen LogP contribution in [0.1, 0.15) is 19.3 Å². The summed E-state index contributed by atoms with van der Waals surface area (Å²) >= 11 is 3.83. The first-order valence-corrected chi connectivity index (χ1v) is 8.71. The highest BCUT2D eigenvalue weighted by Gasteiger charge is 2.34. The Hall–Kier alpha value is 0.550. The van der Waals surface area contributed by atoms with E-state index in [1.165, 1.54) is 0 Å². The predicted molar refractivity (Wildman–Crippen MR) is 82.9 cm³/mol. The largest absolute Gasteiger partial charge is 0.762 e. The van der Waals surface area contributed by atoms with E-state index in [1.54, 1.807) is 11.8 Å². The van der Waals surface area contributed by atoms with Gasteiger partial charge in [0.05, 0.1) is 6.54 Å². The fourth-order valence-corrected chi connectivity index (χ4v) is 4.55. The molecule has 4 unspecified atom stereocenters. The highest BCUT2D eigenvalue weighted by molar-refractivity contribution is 14.1. The van der Waals surface area contributed by atoms with Gasteiger partial charge in [0.25, 0.3) is 0 Å². The summed E-state index contributed by atoms with van der Waals surface area (Å²) in [5.74, 6) is 0.980. The number of nitrogens with two attached hydrogens (primary N) is 1. The summed E-state index contributed by atoms with van der Waals surface area (Å²) in [5, 5.41) is 20.2. The Morgan fingerprint density at radius 2 is 2.32 bits per heavy atom. The van der Waals surface area contributed by atoms with Crippen molar-refractivity contribution in [2.75, 3.05) is 18.8 Å². The molecule has 110 valence electrons. The molecular formula is C11H19IN3O3S-. The van der Waals surface area contributed by atoms with Crippen molar-refractivity contribution >= 4 is 40.1 Å². The minimum atomic E-state index is -0.468. The highest BCUT2D eigenvalue weighted by Crippen LogP contribution is 2.33. The highest BCUT2D eigenvalue weighted by atomic mass is 127. The van der Waals surface area contributed by atoms with Gasteiger partial charge in [0, 0.05) is 28.2 Å². The molecule has 1 aliphatic heterocycles. The summed E-state index contributed by atoms with van der Waals surface area (Å²) in [4.78, 5) is 14.2. The number of ketones is 1. The summed E-state index contributed by atoms with van der Waals surface area (Å²) in [7, 11) is 0. The number of thioether (sulfide) groups is 1. The van der Waals surface area contributed by atoms with Crippen molar-refractivity contribution in [3.63, 3.8) is 0 Å². The van der Waals surface area contributed by atoms with E-state index in [2.05, 4.69) is 22.6 Å². The van der Waals surface area contributed by atoms with E-state index in [1.807, 2.05) is 4.90 Å². The molecular weight excluding hydrogens is 381 g/mol. The van der Waals surface area contributed by atoms with Crippen LogP contribution in [0.5, 0.6) is 0 Å². The average molecular weight is 400 g/mol. The molecule has 3 N–H and O–H groups in total. The standard InChI is InChI=1S/C11H19IN3O3S/c12-8-2-1-7(5-9(8)15(17)18)10(16)6-14-3-4-19-11(14)13/h7-9,11,17H,1-6,13H2/q-1. The maximum absolute atomic E-state index is 12.3. The van der Waals surface area contributed by atoms with E-state index >= 15 is 0 Å². The molecule has 2 fully saturated rings. The monoisotopic (exact) mass is 400 g/mol. The summed E-state index contributed by atoms with van der Waals surface area (Å²) in [5.41, 5.74) is 5.80. The lowest BCUT2D eigenvalue weighted by atomic mass is 9.83. The minimum absolute atomic E-state index is 0.0218. The second-order valence-electron chi connectivity index (χ2n) is 5.09. The lowest BCUT2D eigenvalue weighted by molar-refractivity contribution is -0.129. The van der Waals surface area contributed by atoms with Crippen LogP contribution in [0.3, 0.4) is 0 Å². The van der Waals surface area contributed by atoms with E-state index in [0.717, 1.165) is 25.1 Å². The zero-order valence-corrected chi connectivity index (χ0v) is 13.5. The Balaban J connectivity index is 1.88. The number of Topliss-reactive ketones (excluding diaryl/α,β-unsaturated/α-hetero) is 1. The molecule has 0 amide bonds. The first-order chi connectivity index (χ1) is 8.99. The summed E-state index contributed by atoms with van der Waals surface area (Å²) in [6, 6.07) is -0.468. The quantitative estimate of drug-likeness (QED) is 0.413. The van der Waals surface area contributed by atoms with Gasteiger partial charge < -0.3 is 16.1 Å². The molecule has 0 aromatic carbocycles. The molecule has 1 aliphatic carbocycles. The van der Waals surface area contributed by atoms with Crippen LogP contribution < -0.4 is 5.73 Å². The molecule has 8 heteroatoms. The summed E-state index contributed by atoms with van der Waals surface area (Å²) in [6.45, 7) is 1.21. The third kappa shape index (κ3) is 4.02. The normalized spacial score (nSPS) is 36.9. The molecule has 1 saturated carbocycles. The van der Waals surface area contributed by atoms with Crippen LogP contribution in [0.4, 0.5) is 0 Å². The molecule has 0 radical (unpaired) electrons. The second kappa shape index (κ2) is 7.01. The SMILES string of the molecule is NC1SCCN1CC(=O)C1CCC(I)C(N([O-])O)C1. The summed E-state index contributed by atoms with van der Waals surface area (Å²) < 4.78 is 0.105. The Kier molecular flexibility index (Phi) is 5.88. The molecule has 2 rings (SSSR count). The van der Waals surface area contributed by atoms with Gasteiger partial charge in [-0.3, -0.25) is 14.9 Å². The first kappa shape index (κ1) is 15.9. The molecule has 1 heterocycles. The number of alkyl halides is 1. The van der Waals surface area contributed by atoms with Crippen LogP contribution in [-0.4, -0.2) is 55.4 Å². The number of nitrogens with zero attached hydrogens (tertiary/aromatic N) is 2. The summed E-state index contributed by atoms with van der Waals surface area (Å²) in [6.07, 6.45) is 2.04. The van der Waals surface area contributed by atoms with Crippen molar-refractivity contribution in [3.05, 3.63) is 5.21 Å². The van der Waals surface area contributed by atoms with Crippen LogP contribution in [0.15, 0.2) is 0 Å². The first-order valence-electron chi connectivity index (χ1n) is 6.42. The van der Waals surface area contributed by atoms with E-state index in [0.29, 0.717) is 13.0 Å². The zero-order valence-electron chi connectivity index (χ0n) is 10.6. The number of carbonyl (C=O) groups excluding carboxylic acids is 1. The van der Waals surface area contributed by atoms with Crippen molar-refractivity contribution in [2.24, 2.45) is 11.7 Å². The molecule has 19 heavy (non-hydrogen) atoms. The van der Waals surface area contributed by atoms with Crippen molar-refractivity contribution in [3.8, 4) is 0 Å². The Morgan fingerprint density at radius 1 is 1.58 bits per heavy atom. The number of hydrogen-bond acceptors (Lipinski definition) is 7. The molecule has 0 bridgehead atoms. The molecule has 4 atom stereocenters. The number of hydrogen-bond donors (Lipinski definition) is 2. The van der Waals surface area contributed by atoms with Gasteiger partial charge in [0.2, 0.25) is 0 Å². The third-order valence-corrected chi connectivity index (χ3v) is 6.37. The number of hydroxylamine groups is 2. The number of carbonyl (C=O) groups is 1. The third-order valence-electron chi connectivity index (χ3n) is 3.86. The lowest BCUT2D eigenvalue weighted by Crippen LogP contribution is -2.45.